The summed E-state index contributed by atoms with van der Waals surface area (Å²) in [6.07, 6.45) is 0. The fraction of sp³-hybridized carbons (Fsp3) is 0.316. The molecule has 22 heavy (non-hydrogen) atoms. The van der Waals surface area contributed by atoms with E-state index in [2.05, 4.69) is 46.2 Å². The van der Waals surface area contributed by atoms with Crippen LogP contribution in [0.5, 0.6) is 0 Å². The topological polar surface area (TPSA) is 23.6 Å². The fourth-order valence-electron chi connectivity index (χ4n) is 3.04. The number of ketones is 1. The molecule has 114 valence electrons. The number of piperazine rings is 1. The van der Waals surface area contributed by atoms with Gasteiger partial charge in [0.15, 0.2) is 5.78 Å². The lowest BCUT2D eigenvalue weighted by atomic mass is 10.1. The lowest BCUT2D eigenvalue weighted by Crippen LogP contribution is -2.46. The number of carbonyl (C=O) groups excluding carboxylic acids is 1. The second kappa shape index (κ2) is 6.75. The summed E-state index contributed by atoms with van der Waals surface area (Å²) in [5, 5.41) is 0. The molecule has 0 N–H and O–H groups in total. The molecule has 0 amide bonds. The van der Waals surface area contributed by atoms with Crippen molar-refractivity contribution in [3.8, 4) is 0 Å². The van der Waals surface area contributed by atoms with Crippen molar-refractivity contribution < 1.29 is 4.79 Å². The molecule has 0 atom stereocenters. The minimum absolute atomic E-state index is 0.141. The predicted molar refractivity (Wildman–Crippen MR) is 90.4 cm³/mol. The number of para-hydroxylation sites is 1. The highest BCUT2D eigenvalue weighted by Gasteiger charge is 2.20. The Balaban J connectivity index is 1.64. The average Bonchev–Trinajstić information content (AvgIpc) is 2.56. The van der Waals surface area contributed by atoms with Crippen molar-refractivity contribution in [3.63, 3.8) is 0 Å². The van der Waals surface area contributed by atoms with Crippen molar-refractivity contribution in [1.82, 2.24) is 4.90 Å². The van der Waals surface area contributed by atoms with E-state index in [0.717, 1.165) is 44.0 Å². The van der Waals surface area contributed by atoms with Gasteiger partial charge in [0, 0.05) is 44.0 Å². The van der Waals surface area contributed by atoms with Gasteiger partial charge in [0.05, 0.1) is 0 Å². The first-order valence-electron chi connectivity index (χ1n) is 7.85. The molecule has 0 unspecified atom stereocenters. The number of rotatable bonds is 4. The van der Waals surface area contributed by atoms with E-state index in [0.29, 0.717) is 0 Å². The summed E-state index contributed by atoms with van der Waals surface area (Å²) in [6, 6.07) is 18.5. The van der Waals surface area contributed by atoms with Crippen LogP contribution in [0.1, 0.15) is 22.8 Å². The standard InChI is InChI=1S/C19H22N2O/c1-16(22)18-9-5-6-10-19(18)21-13-11-20(12-14-21)15-17-7-3-2-4-8-17/h2-10H,11-15H2,1H3. The largest absolute Gasteiger partial charge is 0.368 e. The van der Waals surface area contributed by atoms with Crippen LogP contribution >= 0.6 is 0 Å². The van der Waals surface area contributed by atoms with Crippen LogP contribution in [0.2, 0.25) is 0 Å². The Kier molecular flexibility index (Phi) is 4.54. The molecule has 1 heterocycles. The summed E-state index contributed by atoms with van der Waals surface area (Å²) in [5.41, 5.74) is 3.27. The Morgan fingerprint density at radius 2 is 1.55 bits per heavy atom. The van der Waals surface area contributed by atoms with Crippen molar-refractivity contribution in [1.29, 1.82) is 0 Å². The zero-order chi connectivity index (χ0) is 15.4. The van der Waals surface area contributed by atoms with E-state index < -0.39 is 0 Å². The van der Waals surface area contributed by atoms with Crippen LogP contribution in [-0.4, -0.2) is 36.9 Å². The van der Waals surface area contributed by atoms with E-state index >= 15 is 0 Å². The molecule has 3 rings (SSSR count). The summed E-state index contributed by atoms with van der Waals surface area (Å²) >= 11 is 0. The predicted octanol–water partition coefficient (Wildman–Crippen LogP) is 3.21. The molecule has 1 saturated heterocycles. The Morgan fingerprint density at radius 1 is 0.909 bits per heavy atom. The van der Waals surface area contributed by atoms with Crippen molar-refractivity contribution in [2.45, 2.75) is 13.5 Å². The minimum atomic E-state index is 0.141. The van der Waals surface area contributed by atoms with E-state index in [9.17, 15) is 4.79 Å². The molecule has 2 aromatic rings. The molecule has 0 aromatic heterocycles. The van der Waals surface area contributed by atoms with E-state index in [1.54, 1.807) is 6.92 Å². The first-order valence-corrected chi connectivity index (χ1v) is 7.85. The number of benzene rings is 2. The number of nitrogens with zero attached hydrogens (tertiary/aromatic N) is 2. The van der Waals surface area contributed by atoms with Crippen LogP contribution in [-0.2, 0) is 6.54 Å². The molecule has 3 heteroatoms. The third-order valence-corrected chi connectivity index (χ3v) is 4.25. The van der Waals surface area contributed by atoms with Gasteiger partial charge in [-0.25, -0.2) is 0 Å². The molecule has 1 aliphatic rings. The summed E-state index contributed by atoms with van der Waals surface area (Å²) in [5.74, 6) is 0.141. The quantitative estimate of drug-likeness (QED) is 0.809. The summed E-state index contributed by atoms with van der Waals surface area (Å²) in [4.78, 5) is 16.6. The molecule has 1 fully saturated rings. The average molecular weight is 294 g/mol. The van der Waals surface area contributed by atoms with E-state index in [1.165, 1.54) is 5.56 Å². The zero-order valence-electron chi connectivity index (χ0n) is 13.0. The third kappa shape index (κ3) is 3.37. The molecule has 0 aliphatic carbocycles. The van der Waals surface area contributed by atoms with Crippen LogP contribution in [0.4, 0.5) is 5.69 Å². The van der Waals surface area contributed by atoms with Gasteiger partial charge < -0.3 is 4.90 Å². The first-order chi connectivity index (χ1) is 10.7. The second-order valence-corrected chi connectivity index (χ2v) is 5.82. The maximum absolute atomic E-state index is 11.8. The van der Waals surface area contributed by atoms with E-state index in [1.807, 2.05) is 18.2 Å². The molecule has 2 aromatic carbocycles. The summed E-state index contributed by atoms with van der Waals surface area (Å²) in [7, 11) is 0. The van der Waals surface area contributed by atoms with Crippen LogP contribution in [0.3, 0.4) is 0 Å². The Hall–Kier alpha value is -2.13. The highest BCUT2D eigenvalue weighted by molar-refractivity contribution is 5.99. The number of hydrogen-bond acceptors (Lipinski definition) is 3. The molecular formula is C19H22N2O. The monoisotopic (exact) mass is 294 g/mol. The fourth-order valence-corrected chi connectivity index (χ4v) is 3.04. The minimum Gasteiger partial charge on any atom is -0.368 e. The van der Waals surface area contributed by atoms with Crippen LogP contribution in [0.25, 0.3) is 0 Å². The van der Waals surface area contributed by atoms with Crippen molar-refractivity contribution in [2.75, 3.05) is 31.1 Å². The molecule has 0 bridgehead atoms. The van der Waals surface area contributed by atoms with Crippen LogP contribution < -0.4 is 4.90 Å². The highest BCUT2D eigenvalue weighted by Crippen LogP contribution is 2.22. The summed E-state index contributed by atoms with van der Waals surface area (Å²) < 4.78 is 0. The van der Waals surface area contributed by atoms with Gasteiger partial charge in [0.25, 0.3) is 0 Å². The SMILES string of the molecule is CC(=O)c1ccccc1N1CCN(Cc2ccccc2)CC1. The van der Waals surface area contributed by atoms with Gasteiger partial charge in [0.1, 0.15) is 0 Å². The number of carbonyl (C=O) groups is 1. The Morgan fingerprint density at radius 3 is 2.23 bits per heavy atom. The highest BCUT2D eigenvalue weighted by atomic mass is 16.1. The Labute approximate surface area is 132 Å². The number of anilines is 1. The normalized spacial score (nSPS) is 15.8. The lowest BCUT2D eigenvalue weighted by molar-refractivity contribution is 0.101. The maximum atomic E-state index is 11.8. The molecule has 0 radical (unpaired) electrons. The third-order valence-electron chi connectivity index (χ3n) is 4.25. The smallest absolute Gasteiger partial charge is 0.161 e. The maximum Gasteiger partial charge on any atom is 0.161 e. The molecule has 3 nitrogen and oxygen atoms in total. The van der Waals surface area contributed by atoms with Gasteiger partial charge in [-0.15, -0.1) is 0 Å². The summed E-state index contributed by atoms with van der Waals surface area (Å²) in [6.45, 7) is 6.64. The number of Topliss-reactive ketones (excluding diaryl/α,β-unsaturated/α-hetero) is 1. The molecular weight excluding hydrogens is 272 g/mol. The Bertz CT molecular complexity index is 631. The van der Waals surface area contributed by atoms with Gasteiger partial charge in [-0.3, -0.25) is 9.69 Å². The molecule has 0 spiro atoms. The first kappa shape index (κ1) is 14.8. The van der Waals surface area contributed by atoms with Crippen LogP contribution in [0, 0.1) is 0 Å². The van der Waals surface area contributed by atoms with E-state index in [-0.39, 0.29) is 5.78 Å². The lowest BCUT2D eigenvalue weighted by Gasteiger charge is -2.36. The van der Waals surface area contributed by atoms with Gasteiger partial charge in [-0.2, -0.15) is 0 Å². The van der Waals surface area contributed by atoms with Crippen molar-refractivity contribution in [3.05, 3.63) is 65.7 Å². The van der Waals surface area contributed by atoms with Crippen molar-refractivity contribution in [2.24, 2.45) is 0 Å². The van der Waals surface area contributed by atoms with Crippen LogP contribution in [0.15, 0.2) is 54.6 Å². The van der Waals surface area contributed by atoms with Gasteiger partial charge in [-0.1, -0.05) is 42.5 Å². The second-order valence-electron chi connectivity index (χ2n) is 5.82. The van der Waals surface area contributed by atoms with Gasteiger partial charge in [0.2, 0.25) is 0 Å². The van der Waals surface area contributed by atoms with Gasteiger partial charge >= 0.3 is 0 Å². The van der Waals surface area contributed by atoms with E-state index in [4.69, 9.17) is 0 Å². The zero-order valence-corrected chi connectivity index (χ0v) is 13.0. The van der Waals surface area contributed by atoms with Crippen molar-refractivity contribution >= 4 is 11.5 Å². The molecule has 0 saturated carbocycles. The number of hydrogen-bond donors (Lipinski definition) is 0. The van der Waals surface area contributed by atoms with Gasteiger partial charge in [-0.05, 0) is 24.6 Å². The molecule has 1 aliphatic heterocycles.